The molecule has 2 N–H and O–H groups in total. The maximum Gasteiger partial charge on any atom is 0.124 e. The Hall–Kier alpha value is -0.770. The van der Waals surface area contributed by atoms with Gasteiger partial charge in [-0.15, -0.1) is 0 Å². The summed E-state index contributed by atoms with van der Waals surface area (Å²) in [5.41, 5.74) is 1.02. The average Bonchev–Trinajstić information content (AvgIpc) is 2.27. The Morgan fingerprint density at radius 3 is 2.82 bits per heavy atom. The van der Waals surface area contributed by atoms with Crippen LogP contribution in [0.2, 0.25) is 5.02 Å². The largest absolute Gasteiger partial charge is 0.491 e. The number of halogens is 1. The Labute approximate surface area is 108 Å². The topological polar surface area (TPSA) is 41.5 Å². The molecule has 0 saturated heterocycles. The van der Waals surface area contributed by atoms with Gasteiger partial charge in [-0.25, -0.2) is 0 Å². The first-order valence-electron chi connectivity index (χ1n) is 5.86. The van der Waals surface area contributed by atoms with E-state index < -0.39 is 0 Å². The quantitative estimate of drug-likeness (QED) is 0.789. The lowest BCUT2D eigenvalue weighted by atomic mass is 10.2. The highest BCUT2D eigenvalue weighted by Crippen LogP contribution is 2.22. The number of nitrogens with one attached hydrogen (secondary N) is 1. The van der Waals surface area contributed by atoms with E-state index in [0.29, 0.717) is 17.5 Å². The second-order valence-electron chi connectivity index (χ2n) is 4.35. The van der Waals surface area contributed by atoms with E-state index in [4.69, 9.17) is 21.4 Å². The molecule has 17 heavy (non-hydrogen) atoms. The van der Waals surface area contributed by atoms with Crippen molar-refractivity contribution in [2.45, 2.75) is 20.4 Å². The van der Waals surface area contributed by atoms with Crippen LogP contribution in [0, 0.1) is 5.92 Å². The van der Waals surface area contributed by atoms with Crippen molar-refractivity contribution < 1.29 is 9.84 Å². The third-order valence-electron chi connectivity index (χ3n) is 2.24. The van der Waals surface area contributed by atoms with Crippen LogP contribution in [-0.2, 0) is 6.54 Å². The maximum atomic E-state index is 8.76. The summed E-state index contributed by atoms with van der Waals surface area (Å²) in [7, 11) is 0. The molecular formula is C13H20ClNO2. The second-order valence-corrected chi connectivity index (χ2v) is 4.79. The first-order valence-corrected chi connectivity index (χ1v) is 6.24. The third-order valence-corrected chi connectivity index (χ3v) is 2.47. The van der Waals surface area contributed by atoms with Crippen LogP contribution in [0.3, 0.4) is 0 Å². The summed E-state index contributed by atoms with van der Waals surface area (Å²) in [5, 5.41) is 12.8. The molecule has 0 aliphatic carbocycles. The number of hydrogen-bond acceptors (Lipinski definition) is 3. The van der Waals surface area contributed by atoms with Gasteiger partial charge in [-0.1, -0.05) is 25.4 Å². The van der Waals surface area contributed by atoms with E-state index in [1.54, 1.807) is 6.07 Å². The predicted molar refractivity (Wildman–Crippen MR) is 70.6 cm³/mol. The van der Waals surface area contributed by atoms with Crippen molar-refractivity contribution in [1.29, 1.82) is 0 Å². The standard InChI is InChI=1S/C13H20ClNO2/c1-10(2)8-15-9-11-7-12(14)3-4-13(11)17-6-5-16/h3-4,7,10,15-16H,5-6,8-9H2,1-2H3. The molecule has 1 aromatic rings. The maximum absolute atomic E-state index is 8.76. The van der Waals surface area contributed by atoms with E-state index in [0.717, 1.165) is 24.4 Å². The third kappa shape index (κ3) is 5.39. The fraction of sp³-hybridized carbons (Fsp3) is 0.538. The number of rotatable bonds is 7. The first kappa shape index (κ1) is 14.3. The molecule has 1 rings (SSSR count). The predicted octanol–water partition coefficient (Wildman–Crippen LogP) is 2.46. The number of aliphatic hydroxyl groups is 1. The van der Waals surface area contributed by atoms with E-state index in [2.05, 4.69) is 19.2 Å². The van der Waals surface area contributed by atoms with Gasteiger partial charge in [0.15, 0.2) is 0 Å². The summed E-state index contributed by atoms with van der Waals surface area (Å²) >= 11 is 5.96. The number of benzene rings is 1. The van der Waals surface area contributed by atoms with Crippen LogP contribution >= 0.6 is 11.6 Å². The van der Waals surface area contributed by atoms with Crippen molar-refractivity contribution in [3.8, 4) is 5.75 Å². The van der Waals surface area contributed by atoms with E-state index in [1.165, 1.54) is 0 Å². The highest BCUT2D eigenvalue weighted by molar-refractivity contribution is 6.30. The smallest absolute Gasteiger partial charge is 0.124 e. The summed E-state index contributed by atoms with van der Waals surface area (Å²) in [5.74, 6) is 1.38. The lowest BCUT2D eigenvalue weighted by Crippen LogP contribution is -2.19. The van der Waals surface area contributed by atoms with Crippen molar-refractivity contribution in [3.63, 3.8) is 0 Å². The zero-order valence-electron chi connectivity index (χ0n) is 10.4. The highest BCUT2D eigenvalue weighted by Gasteiger charge is 2.05. The van der Waals surface area contributed by atoms with Gasteiger partial charge in [0.25, 0.3) is 0 Å². The molecule has 0 bridgehead atoms. The average molecular weight is 258 g/mol. The fourth-order valence-electron chi connectivity index (χ4n) is 1.48. The summed E-state index contributed by atoms with van der Waals surface area (Å²) in [6.07, 6.45) is 0. The van der Waals surface area contributed by atoms with Crippen molar-refractivity contribution in [1.82, 2.24) is 5.32 Å². The van der Waals surface area contributed by atoms with Crippen LogP contribution in [-0.4, -0.2) is 24.9 Å². The fourth-order valence-corrected chi connectivity index (χ4v) is 1.67. The first-order chi connectivity index (χ1) is 8.13. The minimum atomic E-state index is 0.0154. The van der Waals surface area contributed by atoms with Gasteiger partial charge in [0.05, 0.1) is 6.61 Å². The van der Waals surface area contributed by atoms with Crippen LogP contribution in [0.25, 0.3) is 0 Å². The van der Waals surface area contributed by atoms with E-state index in [1.807, 2.05) is 12.1 Å². The van der Waals surface area contributed by atoms with Gasteiger partial charge in [-0.05, 0) is 30.7 Å². The molecule has 0 unspecified atom stereocenters. The van der Waals surface area contributed by atoms with Gasteiger partial charge >= 0.3 is 0 Å². The van der Waals surface area contributed by atoms with Gasteiger partial charge in [0.1, 0.15) is 12.4 Å². The van der Waals surface area contributed by atoms with E-state index in [9.17, 15) is 0 Å². The Kier molecular flexibility index (Phi) is 6.34. The minimum Gasteiger partial charge on any atom is -0.491 e. The van der Waals surface area contributed by atoms with Gasteiger partial charge in [-0.3, -0.25) is 0 Å². The molecule has 0 radical (unpaired) electrons. The van der Waals surface area contributed by atoms with Crippen LogP contribution in [0.4, 0.5) is 0 Å². The van der Waals surface area contributed by atoms with Gasteiger partial charge in [0, 0.05) is 17.1 Å². The number of hydrogen-bond donors (Lipinski definition) is 2. The molecule has 0 heterocycles. The summed E-state index contributed by atoms with van der Waals surface area (Å²) in [6.45, 7) is 6.31. The number of aliphatic hydroxyl groups excluding tert-OH is 1. The summed E-state index contributed by atoms with van der Waals surface area (Å²) in [4.78, 5) is 0. The molecule has 96 valence electrons. The van der Waals surface area contributed by atoms with Crippen LogP contribution in [0.5, 0.6) is 5.75 Å². The molecule has 0 aromatic heterocycles. The molecule has 0 aliphatic rings. The van der Waals surface area contributed by atoms with Crippen LogP contribution < -0.4 is 10.1 Å². The van der Waals surface area contributed by atoms with E-state index in [-0.39, 0.29) is 6.61 Å². The molecule has 0 fully saturated rings. The minimum absolute atomic E-state index is 0.0154. The number of ether oxygens (including phenoxy) is 1. The Morgan fingerprint density at radius 2 is 2.18 bits per heavy atom. The van der Waals surface area contributed by atoms with Gasteiger partial charge in [0.2, 0.25) is 0 Å². The molecule has 0 atom stereocenters. The van der Waals surface area contributed by atoms with Crippen molar-refractivity contribution in [2.24, 2.45) is 5.92 Å². The normalized spacial score (nSPS) is 10.9. The highest BCUT2D eigenvalue weighted by atomic mass is 35.5. The molecule has 0 amide bonds. The second kappa shape index (κ2) is 7.54. The zero-order valence-corrected chi connectivity index (χ0v) is 11.1. The summed E-state index contributed by atoms with van der Waals surface area (Å²) < 4.78 is 5.45. The Morgan fingerprint density at radius 1 is 1.41 bits per heavy atom. The van der Waals surface area contributed by atoms with Gasteiger partial charge < -0.3 is 15.2 Å². The molecule has 1 aromatic carbocycles. The van der Waals surface area contributed by atoms with E-state index >= 15 is 0 Å². The van der Waals surface area contributed by atoms with Crippen LogP contribution in [0.15, 0.2) is 18.2 Å². The SMILES string of the molecule is CC(C)CNCc1cc(Cl)ccc1OCCO. The molecular weight excluding hydrogens is 238 g/mol. The molecule has 0 aliphatic heterocycles. The Balaban J connectivity index is 2.62. The monoisotopic (exact) mass is 257 g/mol. The Bertz CT molecular complexity index is 342. The van der Waals surface area contributed by atoms with Crippen molar-refractivity contribution in [3.05, 3.63) is 28.8 Å². The molecule has 3 nitrogen and oxygen atoms in total. The van der Waals surface area contributed by atoms with Crippen molar-refractivity contribution in [2.75, 3.05) is 19.8 Å². The zero-order chi connectivity index (χ0) is 12.7. The molecule has 4 heteroatoms. The van der Waals surface area contributed by atoms with Crippen molar-refractivity contribution >= 4 is 11.6 Å². The van der Waals surface area contributed by atoms with Gasteiger partial charge in [-0.2, -0.15) is 0 Å². The molecule has 0 saturated carbocycles. The lowest BCUT2D eigenvalue weighted by molar-refractivity contribution is 0.200. The summed E-state index contributed by atoms with van der Waals surface area (Å²) in [6, 6.07) is 5.52. The van der Waals surface area contributed by atoms with Crippen LogP contribution in [0.1, 0.15) is 19.4 Å². The lowest BCUT2D eigenvalue weighted by Gasteiger charge is -2.13. The molecule has 0 spiro atoms.